The van der Waals surface area contributed by atoms with Gasteiger partial charge in [0.15, 0.2) is 11.5 Å². The quantitative estimate of drug-likeness (QED) is 0.857. The lowest BCUT2D eigenvalue weighted by Gasteiger charge is -2.26. The van der Waals surface area contributed by atoms with Crippen molar-refractivity contribution in [1.82, 2.24) is 5.32 Å². The van der Waals surface area contributed by atoms with Crippen molar-refractivity contribution in [1.29, 1.82) is 0 Å². The zero-order valence-electron chi connectivity index (χ0n) is 12.2. The van der Waals surface area contributed by atoms with Gasteiger partial charge in [-0.1, -0.05) is 12.1 Å². The molecule has 3 atom stereocenters. The van der Waals surface area contributed by atoms with Crippen molar-refractivity contribution in [3.05, 3.63) is 24.3 Å². The molecule has 1 fully saturated rings. The number of hydrogen-bond acceptors (Lipinski definition) is 5. The number of nitrogens with two attached hydrogens (primary N) is 1. The van der Waals surface area contributed by atoms with Gasteiger partial charge in [0.2, 0.25) is 5.91 Å². The normalized spacial score (nSPS) is 26.1. The fraction of sp³-hybridized carbons (Fsp3) is 0.533. The van der Waals surface area contributed by atoms with Crippen LogP contribution in [0.3, 0.4) is 0 Å². The third-order valence-corrected chi connectivity index (χ3v) is 3.73. The molecule has 6 nitrogen and oxygen atoms in total. The highest BCUT2D eigenvalue weighted by Crippen LogP contribution is 2.30. The van der Waals surface area contributed by atoms with Crippen molar-refractivity contribution < 1.29 is 19.0 Å². The molecule has 0 saturated carbocycles. The van der Waals surface area contributed by atoms with Gasteiger partial charge >= 0.3 is 0 Å². The molecule has 22 heavy (non-hydrogen) atoms. The first-order valence-electron chi connectivity index (χ1n) is 7.28. The van der Waals surface area contributed by atoms with Gasteiger partial charge in [-0.2, -0.15) is 0 Å². The maximum absolute atomic E-state index is 12.0. The zero-order chi connectivity index (χ0) is 14.7. The van der Waals surface area contributed by atoms with Crippen LogP contribution < -0.4 is 20.5 Å². The monoisotopic (exact) mass is 328 g/mol. The highest BCUT2D eigenvalue weighted by atomic mass is 35.5. The minimum atomic E-state index is -0.393. The highest BCUT2D eigenvalue weighted by Gasteiger charge is 2.30. The van der Waals surface area contributed by atoms with E-state index >= 15 is 0 Å². The summed E-state index contributed by atoms with van der Waals surface area (Å²) in [5.41, 5.74) is 5.54. The van der Waals surface area contributed by atoms with E-state index in [0.717, 1.165) is 18.6 Å². The summed E-state index contributed by atoms with van der Waals surface area (Å²) in [5.74, 6) is 1.35. The molecule has 0 spiro atoms. The van der Waals surface area contributed by atoms with E-state index in [1.807, 2.05) is 24.3 Å². The van der Waals surface area contributed by atoms with E-state index in [2.05, 4.69) is 5.32 Å². The second-order valence-electron chi connectivity index (χ2n) is 5.30. The summed E-state index contributed by atoms with van der Waals surface area (Å²) >= 11 is 0. The Kier molecular flexibility index (Phi) is 5.88. The van der Waals surface area contributed by atoms with Gasteiger partial charge in [0.1, 0.15) is 18.8 Å². The molecule has 7 heteroatoms. The number of rotatable bonds is 4. The molecule has 1 unspecified atom stereocenters. The van der Waals surface area contributed by atoms with E-state index in [1.54, 1.807) is 0 Å². The molecular weight excluding hydrogens is 308 g/mol. The van der Waals surface area contributed by atoms with Gasteiger partial charge in [-0.15, -0.1) is 12.4 Å². The summed E-state index contributed by atoms with van der Waals surface area (Å²) in [7, 11) is 0. The molecule has 2 aliphatic heterocycles. The predicted octanol–water partition coefficient (Wildman–Crippen LogP) is 0.871. The molecule has 3 N–H and O–H groups in total. The molecule has 0 aliphatic carbocycles. The minimum Gasteiger partial charge on any atom is -0.486 e. The molecule has 1 saturated heterocycles. The first-order valence-corrected chi connectivity index (χ1v) is 7.28. The van der Waals surface area contributed by atoms with E-state index in [1.165, 1.54) is 0 Å². The van der Waals surface area contributed by atoms with Gasteiger partial charge in [-0.05, 0) is 25.0 Å². The Morgan fingerprint density at radius 3 is 2.73 bits per heavy atom. The van der Waals surface area contributed by atoms with Crippen LogP contribution in [0.25, 0.3) is 0 Å². The number of para-hydroxylation sites is 2. The number of nitrogens with one attached hydrogen (secondary N) is 1. The van der Waals surface area contributed by atoms with Crippen molar-refractivity contribution in [2.24, 2.45) is 5.73 Å². The average Bonchev–Trinajstić information content (AvgIpc) is 3.01. The van der Waals surface area contributed by atoms with Gasteiger partial charge in [0.05, 0.1) is 12.6 Å². The lowest BCUT2D eigenvalue weighted by atomic mass is 10.2. The standard InChI is InChI=1S/C15H20N2O4.ClH/c16-7-10-5-6-14(20-10)15(18)17-8-11-9-19-12-3-1-2-4-13(12)21-11;/h1-4,10-11,14H,5-9,16H2,(H,17,18);1H/t10-,11?,14+;/m1./s1. The molecule has 2 aliphatic rings. The van der Waals surface area contributed by atoms with E-state index in [4.69, 9.17) is 19.9 Å². The molecule has 1 aromatic carbocycles. The number of halogens is 1. The molecule has 0 radical (unpaired) electrons. The van der Waals surface area contributed by atoms with Crippen molar-refractivity contribution in [2.45, 2.75) is 31.2 Å². The minimum absolute atomic E-state index is 0. The third kappa shape index (κ3) is 3.82. The lowest BCUT2D eigenvalue weighted by Crippen LogP contribution is -2.44. The van der Waals surface area contributed by atoms with Gasteiger partial charge < -0.3 is 25.3 Å². The van der Waals surface area contributed by atoms with Crippen molar-refractivity contribution in [3.63, 3.8) is 0 Å². The average molecular weight is 329 g/mol. The Balaban J connectivity index is 0.00000176. The largest absolute Gasteiger partial charge is 0.486 e. The number of benzene rings is 1. The van der Waals surface area contributed by atoms with E-state index in [9.17, 15) is 4.79 Å². The van der Waals surface area contributed by atoms with E-state index in [0.29, 0.717) is 25.4 Å². The first-order chi connectivity index (χ1) is 10.3. The molecule has 3 rings (SSSR count). The van der Waals surface area contributed by atoms with E-state index in [-0.39, 0.29) is 30.5 Å². The van der Waals surface area contributed by atoms with Crippen LogP contribution in [-0.2, 0) is 9.53 Å². The molecule has 1 aromatic rings. The van der Waals surface area contributed by atoms with Crippen LogP contribution in [0.5, 0.6) is 11.5 Å². The summed E-state index contributed by atoms with van der Waals surface area (Å²) in [6.45, 7) is 1.29. The summed E-state index contributed by atoms with van der Waals surface area (Å²) in [6, 6.07) is 7.51. The first kappa shape index (κ1) is 16.9. The number of amides is 1. The molecule has 1 amide bonds. The van der Waals surface area contributed by atoms with Crippen LogP contribution in [0.4, 0.5) is 0 Å². The second kappa shape index (κ2) is 7.67. The summed E-state index contributed by atoms with van der Waals surface area (Å²) in [4.78, 5) is 12.0. The van der Waals surface area contributed by atoms with Crippen molar-refractivity contribution in [2.75, 3.05) is 19.7 Å². The van der Waals surface area contributed by atoms with Crippen LogP contribution in [-0.4, -0.2) is 43.9 Å². The number of ether oxygens (including phenoxy) is 3. The number of carbonyl (C=O) groups excluding carboxylic acids is 1. The van der Waals surface area contributed by atoms with Crippen molar-refractivity contribution >= 4 is 18.3 Å². The smallest absolute Gasteiger partial charge is 0.249 e. The van der Waals surface area contributed by atoms with Gasteiger partial charge in [0, 0.05) is 6.54 Å². The van der Waals surface area contributed by atoms with Gasteiger partial charge in [-0.25, -0.2) is 0 Å². The number of carbonyl (C=O) groups is 1. The SMILES string of the molecule is Cl.NC[C@H]1CC[C@@H](C(=O)NCC2COc3ccccc3O2)O1. The molecular formula is C15H21ClN2O4. The van der Waals surface area contributed by atoms with Gasteiger partial charge in [0.25, 0.3) is 0 Å². The van der Waals surface area contributed by atoms with E-state index < -0.39 is 6.10 Å². The zero-order valence-corrected chi connectivity index (χ0v) is 13.0. The van der Waals surface area contributed by atoms with Crippen LogP contribution in [0, 0.1) is 0 Å². The van der Waals surface area contributed by atoms with Crippen LogP contribution in [0.2, 0.25) is 0 Å². The third-order valence-electron chi connectivity index (χ3n) is 3.73. The Labute approximate surface area is 135 Å². The maximum atomic E-state index is 12.0. The predicted molar refractivity (Wildman–Crippen MR) is 83.6 cm³/mol. The molecule has 122 valence electrons. The lowest BCUT2D eigenvalue weighted by molar-refractivity contribution is -0.132. The fourth-order valence-corrected chi connectivity index (χ4v) is 2.56. The molecule has 0 bridgehead atoms. The number of hydrogen-bond donors (Lipinski definition) is 2. The van der Waals surface area contributed by atoms with Crippen LogP contribution >= 0.6 is 12.4 Å². The Bertz CT molecular complexity index is 514. The summed E-state index contributed by atoms with van der Waals surface area (Å²) in [6.07, 6.45) is 0.983. The molecule has 0 aromatic heterocycles. The summed E-state index contributed by atoms with van der Waals surface area (Å²) < 4.78 is 17.0. The Morgan fingerprint density at radius 2 is 2.00 bits per heavy atom. The maximum Gasteiger partial charge on any atom is 0.249 e. The van der Waals surface area contributed by atoms with Crippen LogP contribution in [0.15, 0.2) is 24.3 Å². The Hall–Kier alpha value is -1.50. The fourth-order valence-electron chi connectivity index (χ4n) is 2.56. The molecule has 2 heterocycles. The Morgan fingerprint density at radius 1 is 1.23 bits per heavy atom. The highest BCUT2D eigenvalue weighted by molar-refractivity contribution is 5.85. The van der Waals surface area contributed by atoms with Gasteiger partial charge in [-0.3, -0.25) is 4.79 Å². The van der Waals surface area contributed by atoms with Crippen molar-refractivity contribution in [3.8, 4) is 11.5 Å². The summed E-state index contributed by atoms with van der Waals surface area (Å²) in [5, 5.41) is 2.86. The topological polar surface area (TPSA) is 82.8 Å². The second-order valence-corrected chi connectivity index (χ2v) is 5.30. The number of fused-ring (bicyclic) bond motifs is 1. The van der Waals surface area contributed by atoms with Crippen LogP contribution in [0.1, 0.15) is 12.8 Å².